The molecule has 3 rings (SSSR count). The molecule has 11 heteroatoms. The van der Waals surface area contributed by atoms with Crippen molar-refractivity contribution < 1.29 is 28.1 Å². The second kappa shape index (κ2) is 10.3. The van der Waals surface area contributed by atoms with Gasteiger partial charge >= 0.3 is 0 Å². The van der Waals surface area contributed by atoms with Gasteiger partial charge in [-0.05, 0) is 18.1 Å². The number of nitrogens with one attached hydrogen (secondary N) is 1. The van der Waals surface area contributed by atoms with Gasteiger partial charge in [-0.25, -0.2) is 0 Å². The smallest absolute Gasteiger partial charge is 0.265 e. The second-order valence-electron chi connectivity index (χ2n) is 9.71. The Morgan fingerprint density at radius 3 is 2.24 bits per heavy atom. The van der Waals surface area contributed by atoms with Gasteiger partial charge in [-0.2, -0.15) is 0 Å². The van der Waals surface area contributed by atoms with E-state index in [1.807, 2.05) is 30.3 Å². The number of hydrogen-bond acceptors (Lipinski definition) is 7. The maximum atomic E-state index is 8.07. The number of ether oxygens (including phenoxy) is 5. The summed E-state index contributed by atoms with van der Waals surface area (Å²) < 4.78 is 34.6. The maximum Gasteiger partial charge on any atom is 0.265 e. The fourth-order valence-electron chi connectivity index (χ4n) is 3.51. The van der Waals surface area contributed by atoms with Crippen molar-refractivity contribution in [2.45, 2.75) is 79.7 Å². The van der Waals surface area contributed by atoms with E-state index in [9.17, 15) is 0 Å². The highest BCUT2D eigenvalue weighted by atomic mass is 35.6. The first-order valence-electron chi connectivity index (χ1n) is 10.7. The summed E-state index contributed by atoms with van der Waals surface area (Å²) in [6, 6.07) is 9.66. The van der Waals surface area contributed by atoms with E-state index < -0.39 is 55.0 Å². The molecule has 0 aromatic heterocycles. The molecule has 1 N–H and O–H groups in total. The van der Waals surface area contributed by atoms with Crippen LogP contribution in [0.25, 0.3) is 0 Å². The number of rotatable bonds is 5. The summed E-state index contributed by atoms with van der Waals surface area (Å²) in [4.78, 5) is 0. The van der Waals surface area contributed by atoms with Gasteiger partial charge in [-0.15, -0.1) is 0 Å². The van der Waals surface area contributed by atoms with Crippen LogP contribution in [-0.2, 0) is 28.1 Å². The van der Waals surface area contributed by atoms with E-state index in [4.69, 9.17) is 68.3 Å². The Hall–Kier alpha value is -0.423. The normalized spacial score (nSPS) is 31.1. The topological polar surface area (TPSA) is 79.2 Å². The second-order valence-corrected chi connectivity index (χ2v) is 16.7. The Bertz CT molecular complexity index is 817. The first-order valence-corrected chi connectivity index (χ1v) is 14.8. The minimum absolute atomic E-state index is 0.0987. The molecule has 0 radical (unpaired) electrons. The number of benzene rings is 1. The molecule has 33 heavy (non-hydrogen) atoms. The number of fused-ring (bicyclic) bond motifs is 1. The fraction of sp³-hybridized carbons (Fsp3) is 0.682. The van der Waals surface area contributed by atoms with Gasteiger partial charge in [0.1, 0.15) is 24.4 Å². The Morgan fingerprint density at radius 1 is 1.06 bits per heavy atom. The molecule has 0 spiro atoms. The lowest BCUT2D eigenvalue weighted by atomic mass is 9.97. The molecule has 1 aromatic rings. The highest BCUT2D eigenvalue weighted by Gasteiger charge is 2.55. The molecule has 7 nitrogen and oxygen atoms in total. The van der Waals surface area contributed by atoms with E-state index in [-0.39, 0.29) is 11.6 Å². The van der Waals surface area contributed by atoms with Crippen LogP contribution in [0.5, 0.6) is 0 Å². The lowest BCUT2D eigenvalue weighted by Gasteiger charge is -2.51. The summed E-state index contributed by atoms with van der Waals surface area (Å²) in [5, 5.41) is 7.98. The van der Waals surface area contributed by atoms with Gasteiger partial charge in [0, 0.05) is 12.7 Å². The Balaban J connectivity index is 1.91. The molecule has 2 aliphatic rings. The van der Waals surface area contributed by atoms with Crippen molar-refractivity contribution in [1.82, 2.24) is 0 Å². The largest absolute Gasteiger partial charge is 0.445 e. The average Bonchev–Trinajstić information content (AvgIpc) is 2.72. The first kappa shape index (κ1) is 27.2. The van der Waals surface area contributed by atoms with E-state index in [0.29, 0.717) is 0 Å². The minimum atomic E-state index is -2.32. The minimum Gasteiger partial charge on any atom is -0.445 e. The summed E-state index contributed by atoms with van der Waals surface area (Å²) in [6.07, 6.45) is -3.93. The monoisotopic (exact) mass is 539 g/mol. The lowest BCUT2D eigenvalue weighted by molar-refractivity contribution is -0.352. The lowest BCUT2D eigenvalue weighted by Crippen LogP contribution is -2.66. The molecule has 0 amide bonds. The van der Waals surface area contributed by atoms with E-state index in [0.717, 1.165) is 5.56 Å². The highest BCUT2D eigenvalue weighted by molar-refractivity contribution is 6.76. The van der Waals surface area contributed by atoms with Gasteiger partial charge in [0.05, 0.1) is 6.61 Å². The average molecular weight is 541 g/mol. The summed E-state index contributed by atoms with van der Waals surface area (Å²) in [5.41, 5.74) is 0.893. The first-order chi connectivity index (χ1) is 15.2. The van der Waals surface area contributed by atoms with Gasteiger partial charge in [-0.1, -0.05) is 85.9 Å². The van der Waals surface area contributed by atoms with Crippen LogP contribution < -0.4 is 0 Å². The molecule has 2 aliphatic heterocycles. The summed E-state index contributed by atoms with van der Waals surface area (Å²) in [6.45, 7) is 10.8. The third kappa shape index (κ3) is 6.23. The van der Waals surface area contributed by atoms with Gasteiger partial charge < -0.3 is 28.1 Å². The van der Waals surface area contributed by atoms with Crippen LogP contribution in [0.1, 0.15) is 32.6 Å². The molecule has 1 aromatic carbocycles. The van der Waals surface area contributed by atoms with Gasteiger partial charge in [0.2, 0.25) is 12.2 Å². The van der Waals surface area contributed by atoms with E-state index in [2.05, 4.69) is 33.9 Å². The number of methoxy groups -OCH3 is 1. The van der Waals surface area contributed by atoms with Crippen molar-refractivity contribution in [2.75, 3.05) is 13.7 Å². The van der Waals surface area contributed by atoms with Crippen LogP contribution in [0, 0.1) is 5.41 Å². The van der Waals surface area contributed by atoms with Crippen LogP contribution >= 0.6 is 34.8 Å². The number of alkyl halides is 3. The van der Waals surface area contributed by atoms with Crippen molar-refractivity contribution >= 4 is 49.0 Å². The standard InChI is InChI=1S/C22H32Cl3NO6Si/c1-21(2,3)33(5,6)32-17-16(27-4)15-14(29-19(17)31-20(26)22(23,24)25)12-28-18(30-15)13-10-8-7-9-11-13/h7-11,14-19,26H,12H2,1-6H3/t14-,15-,16-,17+,18-,19-/m1/s1. The third-order valence-corrected chi connectivity index (χ3v) is 11.3. The molecular weight excluding hydrogens is 509 g/mol. The summed E-state index contributed by atoms with van der Waals surface area (Å²) >= 11 is 17.6. The van der Waals surface area contributed by atoms with Crippen molar-refractivity contribution in [3.05, 3.63) is 35.9 Å². The predicted octanol–water partition coefficient (Wildman–Crippen LogP) is 5.59. The molecule has 0 unspecified atom stereocenters. The van der Waals surface area contributed by atoms with Crippen molar-refractivity contribution in [3.8, 4) is 0 Å². The molecule has 2 fully saturated rings. The Kier molecular flexibility index (Phi) is 8.47. The molecule has 6 atom stereocenters. The molecule has 2 heterocycles. The highest BCUT2D eigenvalue weighted by Crippen LogP contribution is 2.42. The molecule has 0 saturated carbocycles. The molecule has 0 bridgehead atoms. The van der Waals surface area contributed by atoms with Crippen LogP contribution in [0.15, 0.2) is 30.3 Å². The van der Waals surface area contributed by atoms with Crippen molar-refractivity contribution in [3.63, 3.8) is 0 Å². The van der Waals surface area contributed by atoms with Gasteiger partial charge in [-0.3, -0.25) is 5.41 Å². The molecular formula is C22H32Cl3NO6Si. The van der Waals surface area contributed by atoms with E-state index in [1.165, 1.54) is 0 Å². The quantitative estimate of drug-likeness (QED) is 0.227. The van der Waals surface area contributed by atoms with Crippen molar-refractivity contribution in [2.24, 2.45) is 0 Å². The van der Waals surface area contributed by atoms with E-state index in [1.54, 1.807) is 7.11 Å². The van der Waals surface area contributed by atoms with Gasteiger partial charge in [0.25, 0.3) is 3.79 Å². The van der Waals surface area contributed by atoms with Crippen LogP contribution in [0.3, 0.4) is 0 Å². The summed E-state index contributed by atoms with van der Waals surface area (Å²) in [7, 11) is -0.737. The van der Waals surface area contributed by atoms with Gasteiger partial charge in [0.15, 0.2) is 14.6 Å². The third-order valence-electron chi connectivity index (χ3n) is 6.36. The number of hydrogen-bond donors (Lipinski definition) is 1. The summed E-state index contributed by atoms with van der Waals surface area (Å²) in [5.74, 6) is -0.561. The van der Waals surface area contributed by atoms with E-state index >= 15 is 0 Å². The van der Waals surface area contributed by atoms with Crippen LogP contribution in [0.4, 0.5) is 0 Å². The zero-order valence-electron chi connectivity index (χ0n) is 19.6. The SMILES string of the molecule is CO[C@H]1[C@H](O[Si](C)(C)C(C)(C)C)[C@@H](OC(=N)C(Cl)(Cl)Cl)O[C@@H]2CO[C@@H](c3ccccc3)O[C@@H]12. The number of halogens is 3. The Morgan fingerprint density at radius 2 is 1.70 bits per heavy atom. The van der Waals surface area contributed by atoms with Crippen LogP contribution in [0.2, 0.25) is 18.1 Å². The van der Waals surface area contributed by atoms with Crippen molar-refractivity contribution in [1.29, 1.82) is 5.41 Å². The zero-order chi connectivity index (χ0) is 24.6. The zero-order valence-corrected chi connectivity index (χ0v) is 22.9. The Labute approximate surface area is 211 Å². The maximum absolute atomic E-state index is 8.07. The predicted molar refractivity (Wildman–Crippen MR) is 131 cm³/mol. The molecule has 186 valence electrons. The molecule has 2 saturated heterocycles. The molecule has 0 aliphatic carbocycles. The fourth-order valence-corrected chi connectivity index (χ4v) is 4.93. The van der Waals surface area contributed by atoms with Crippen LogP contribution in [-0.4, -0.2) is 62.4 Å².